The molecule has 0 amide bonds. The zero-order valence-corrected chi connectivity index (χ0v) is 14.2. The molecule has 7 atom stereocenters. The molecule has 3 heterocycles. The Hall–Kier alpha value is -1.90. The average molecular weight is 370 g/mol. The standard InChI is InChI=1S/C20H18O7/c21-12-7-8-13(22)19-18(12,27-19)16(23)15-17(24-15)20(19)25-10-5-1-3-9-4-2-6-11(26-20)14(9)10/h1-6,12-13,15-17,21-23H,7-8H2/t12-,13-,15+,16-,17+,18-,19-/m0/s1. The van der Waals surface area contributed by atoms with E-state index in [1.54, 1.807) is 0 Å². The molecule has 27 heavy (non-hydrogen) atoms. The van der Waals surface area contributed by atoms with Crippen LogP contribution in [0.5, 0.6) is 11.5 Å². The first-order chi connectivity index (χ1) is 13.1. The van der Waals surface area contributed by atoms with Gasteiger partial charge >= 0.3 is 5.79 Å². The van der Waals surface area contributed by atoms with Gasteiger partial charge in [-0.2, -0.15) is 0 Å². The lowest BCUT2D eigenvalue weighted by atomic mass is 9.63. The molecular weight excluding hydrogens is 352 g/mol. The summed E-state index contributed by atoms with van der Waals surface area (Å²) in [4.78, 5) is 0. The summed E-state index contributed by atoms with van der Waals surface area (Å²) in [5.41, 5.74) is -2.73. The largest absolute Gasteiger partial charge is 0.446 e. The summed E-state index contributed by atoms with van der Waals surface area (Å²) >= 11 is 0. The van der Waals surface area contributed by atoms with Gasteiger partial charge in [0.2, 0.25) is 5.60 Å². The molecule has 7 rings (SSSR count). The van der Waals surface area contributed by atoms with Crippen LogP contribution in [-0.2, 0) is 9.47 Å². The second-order valence-corrected chi connectivity index (χ2v) is 8.19. The van der Waals surface area contributed by atoms with E-state index >= 15 is 0 Å². The van der Waals surface area contributed by atoms with Crippen molar-refractivity contribution in [3.63, 3.8) is 0 Å². The Morgan fingerprint density at radius 3 is 2.26 bits per heavy atom. The average Bonchev–Trinajstić information content (AvgIpc) is 3.57. The van der Waals surface area contributed by atoms with Crippen molar-refractivity contribution in [2.24, 2.45) is 0 Å². The minimum Gasteiger partial charge on any atom is -0.446 e. The van der Waals surface area contributed by atoms with Crippen molar-refractivity contribution < 1.29 is 34.3 Å². The van der Waals surface area contributed by atoms with Gasteiger partial charge in [-0.3, -0.25) is 0 Å². The van der Waals surface area contributed by atoms with Gasteiger partial charge in [0.25, 0.3) is 0 Å². The molecule has 7 heteroatoms. The van der Waals surface area contributed by atoms with Crippen molar-refractivity contribution >= 4 is 10.8 Å². The van der Waals surface area contributed by atoms with Crippen LogP contribution in [0.3, 0.4) is 0 Å². The van der Waals surface area contributed by atoms with Crippen LogP contribution in [0, 0.1) is 0 Å². The van der Waals surface area contributed by atoms with Gasteiger partial charge in [0, 0.05) is 0 Å². The van der Waals surface area contributed by atoms with E-state index in [4.69, 9.17) is 18.9 Å². The van der Waals surface area contributed by atoms with Gasteiger partial charge in [0.15, 0.2) is 11.7 Å². The highest BCUT2D eigenvalue weighted by Gasteiger charge is 2.99. The molecule has 140 valence electrons. The van der Waals surface area contributed by atoms with Crippen molar-refractivity contribution in [1.82, 2.24) is 0 Å². The summed E-state index contributed by atoms with van der Waals surface area (Å²) in [6.45, 7) is 0. The maximum absolute atomic E-state index is 11.0. The first kappa shape index (κ1) is 15.1. The van der Waals surface area contributed by atoms with Crippen LogP contribution in [0.25, 0.3) is 10.8 Å². The van der Waals surface area contributed by atoms with Crippen LogP contribution in [0.4, 0.5) is 0 Å². The third kappa shape index (κ3) is 1.36. The van der Waals surface area contributed by atoms with Crippen molar-refractivity contribution in [2.75, 3.05) is 0 Å². The molecule has 0 aromatic heterocycles. The number of epoxide rings is 2. The lowest BCUT2D eigenvalue weighted by Gasteiger charge is -2.48. The predicted molar refractivity (Wildman–Crippen MR) is 90.4 cm³/mol. The molecule has 0 unspecified atom stereocenters. The topological polar surface area (TPSA) is 104 Å². The third-order valence-electron chi connectivity index (χ3n) is 7.07. The van der Waals surface area contributed by atoms with Gasteiger partial charge in [-0.25, -0.2) is 0 Å². The van der Waals surface area contributed by atoms with Crippen LogP contribution in [0.1, 0.15) is 12.8 Å². The third-order valence-corrected chi connectivity index (χ3v) is 7.07. The molecule has 5 aliphatic rings. The molecule has 2 aromatic carbocycles. The Kier molecular flexibility index (Phi) is 2.36. The van der Waals surface area contributed by atoms with E-state index in [1.807, 2.05) is 36.4 Å². The molecule has 2 aliphatic carbocycles. The van der Waals surface area contributed by atoms with Gasteiger partial charge in [-0.15, -0.1) is 0 Å². The van der Waals surface area contributed by atoms with Crippen molar-refractivity contribution in [3.8, 4) is 11.5 Å². The highest BCUT2D eigenvalue weighted by Crippen LogP contribution is 2.73. The Morgan fingerprint density at radius 2 is 1.56 bits per heavy atom. The van der Waals surface area contributed by atoms with E-state index in [2.05, 4.69) is 0 Å². The number of aliphatic hydroxyl groups excluding tert-OH is 3. The predicted octanol–water partition coefficient (Wildman–Crippen LogP) is 0.473. The van der Waals surface area contributed by atoms with Crippen LogP contribution in [0.15, 0.2) is 36.4 Å². The minimum absolute atomic E-state index is 0.327. The Bertz CT molecular complexity index is 966. The molecule has 2 saturated carbocycles. The van der Waals surface area contributed by atoms with E-state index in [0.29, 0.717) is 24.3 Å². The first-order valence-electron chi connectivity index (χ1n) is 9.35. The second kappa shape index (κ2) is 4.24. The summed E-state index contributed by atoms with van der Waals surface area (Å²) in [6, 6.07) is 11.4. The molecule has 3 aliphatic heterocycles. The smallest absolute Gasteiger partial charge is 0.315 e. The number of ether oxygens (including phenoxy) is 4. The summed E-state index contributed by atoms with van der Waals surface area (Å²) in [5, 5.41) is 34.4. The van der Waals surface area contributed by atoms with Crippen LogP contribution in [0.2, 0.25) is 0 Å². The zero-order chi connectivity index (χ0) is 18.2. The fourth-order valence-corrected chi connectivity index (χ4v) is 5.85. The van der Waals surface area contributed by atoms with E-state index in [0.717, 1.165) is 10.8 Å². The Balaban J connectivity index is 1.48. The van der Waals surface area contributed by atoms with Gasteiger partial charge < -0.3 is 34.3 Å². The van der Waals surface area contributed by atoms with Crippen molar-refractivity contribution in [3.05, 3.63) is 36.4 Å². The Morgan fingerprint density at radius 1 is 0.889 bits per heavy atom. The van der Waals surface area contributed by atoms with Gasteiger partial charge in [-0.1, -0.05) is 24.3 Å². The monoisotopic (exact) mass is 370 g/mol. The molecule has 2 saturated heterocycles. The number of benzene rings is 2. The summed E-state index contributed by atoms with van der Waals surface area (Å²) in [6.07, 6.45) is -3.43. The Labute approximate surface area is 154 Å². The van der Waals surface area contributed by atoms with Crippen LogP contribution < -0.4 is 9.47 Å². The van der Waals surface area contributed by atoms with Crippen LogP contribution >= 0.6 is 0 Å². The molecule has 0 radical (unpaired) electrons. The van der Waals surface area contributed by atoms with E-state index in [1.165, 1.54) is 0 Å². The number of aliphatic hydroxyl groups is 3. The summed E-state index contributed by atoms with van der Waals surface area (Å²) in [7, 11) is 0. The molecule has 4 fully saturated rings. The van der Waals surface area contributed by atoms with Crippen molar-refractivity contribution in [1.29, 1.82) is 0 Å². The van der Waals surface area contributed by atoms with E-state index in [9.17, 15) is 15.3 Å². The molecule has 1 spiro atoms. The molecular formula is C20H18O7. The van der Waals surface area contributed by atoms with Gasteiger partial charge in [-0.05, 0) is 30.4 Å². The maximum atomic E-state index is 11.0. The second-order valence-electron chi connectivity index (χ2n) is 8.19. The number of fused-ring (bicyclic) bond motifs is 2. The molecule has 2 aromatic rings. The molecule has 3 N–H and O–H groups in total. The number of rotatable bonds is 0. The highest BCUT2D eigenvalue weighted by atomic mass is 16.8. The first-order valence-corrected chi connectivity index (χ1v) is 9.35. The fraction of sp³-hybridized carbons (Fsp3) is 0.500. The number of hydrogen-bond donors (Lipinski definition) is 3. The van der Waals surface area contributed by atoms with E-state index in [-0.39, 0.29) is 0 Å². The lowest BCUT2D eigenvalue weighted by molar-refractivity contribution is -0.220. The fourth-order valence-electron chi connectivity index (χ4n) is 5.85. The lowest BCUT2D eigenvalue weighted by Crippen LogP contribution is -2.75. The minimum atomic E-state index is -1.46. The quantitative estimate of drug-likeness (QED) is 0.579. The van der Waals surface area contributed by atoms with Gasteiger partial charge in [0.1, 0.15) is 23.7 Å². The van der Waals surface area contributed by atoms with E-state index < -0.39 is 47.5 Å². The van der Waals surface area contributed by atoms with Gasteiger partial charge in [0.05, 0.1) is 17.6 Å². The zero-order valence-electron chi connectivity index (χ0n) is 14.2. The molecule has 7 nitrogen and oxygen atoms in total. The SMILES string of the molecule is O[C@H]1CC[C@H](O)[C@]23O[C@]12[C@@H](O)[C@H]1O[C@H]1C31Oc2cccc3cccc(c23)O1. The van der Waals surface area contributed by atoms with Crippen LogP contribution in [-0.4, -0.2) is 62.8 Å². The summed E-state index contributed by atoms with van der Waals surface area (Å²) < 4.78 is 24.7. The summed E-state index contributed by atoms with van der Waals surface area (Å²) in [5.74, 6) is -0.225. The number of hydrogen-bond acceptors (Lipinski definition) is 7. The normalized spacial score (nSPS) is 47.3. The maximum Gasteiger partial charge on any atom is 0.315 e. The van der Waals surface area contributed by atoms with Crippen molar-refractivity contribution in [2.45, 2.75) is 60.4 Å². The highest BCUT2D eigenvalue weighted by molar-refractivity contribution is 5.94. The molecule has 0 bridgehead atoms.